The van der Waals surface area contributed by atoms with Gasteiger partial charge in [-0.1, -0.05) is 24.3 Å². The van der Waals surface area contributed by atoms with Crippen LogP contribution in [0.2, 0.25) is 0 Å². The van der Waals surface area contributed by atoms with E-state index < -0.39 is 10.0 Å². The number of sulfonamides is 1. The van der Waals surface area contributed by atoms with Gasteiger partial charge < -0.3 is 14.8 Å². The van der Waals surface area contributed by atoms with E-state index in [1.54, 1.807) is 16.5 Å². The standard InChI is InChI=1S/C25H34N4O4S/c1-19-8-4-5-9-21(19)17-26-24(30)20-10-14-29(15-11-20)34(32,33)22-16-23(27(2)18-22)25(31)28-12-6-3-7-13-28/h4-5,8-9,16,18,20H,3,6-7,10-15,17H2,1-2H3,(H,26,30). The van der Waals surface area contributed by atoms with Gasteiger partial charge in [-0.2, -0.15) is 4.31 Å². The molecule has 0 spiro atoms. The summed E-state index contributed by atoms with van der Waals surface area (Å²) in [4.78, 5) is 27.5. The lowest BCUT2D eigenvalue weighted by Gasteiger charge is -2.30. The Hall–Kier alpha value is -2.65. The smallest absolute Gasteiger partial charge is 0.270 e. The summed E-state index contributed by atoms with van der Waals surface area (Å²) in [6.45, 7) is 4.49. The number of nitrogens with one attached hydrogen (secondary N) is 1. The zero-order chi connectivity index (χ0) is 24.3. The quantitative estimate of drug-likeness (QED) is 0.680. The van der Waals surface area contributed by atoms with Gasteiger partial charge >= 0.3 is 0 Å². The van der Waals surface area contributed by atoms with E-state index in [9.17, 15) is 18.0 Å². The molecule has 0 bridgehead atoms. The van der Waals surface area contributed by atoms with Crippen molar-refractivity contribution in [2.24, 2.45) is 13.0 Å². The molecule has 3 heterocycles. The Balaban J connectivity index is 1.36. The highest BCUT2D eigenvalue weighted by Gasteiger charge is 2.33. The molecule has 2 amide bonds. The third-order valence-electron chi connectivity index (χ3n) is 7.02. The van der Waals surface area contributed by atoms with Gasteiger partial charge in [-0.15, -0.1) is 0 Å². The molecule has 2 aliphatic heterocycles. The van der Waals surface area contributed by atoms with Gasteiger partial charge in [0.1, 0.15) is 10.6 Å². The van der Waals surface area contributed by atoms with E-state index in [2.05, 4.69) is 5.32 Å². The number of amides is 2. The van der Waals surface area contributed by atoms with Gasteiger partial charge in [0, 0.05) is 51.9 Å². The number of aromatic nitrogens is 1. The first-order valence-corrected chi connectivity index (χ1v) is 13.5. The highest BCUT2D eigenvalue weighted by Crippen LogP contribution is 2.26. The summed E-state index contributed by atoms with van der Waals surface area (Å²) >= 11 is 0. The molecule has 0 aliphatic carbocycles. The van der Waals surface area contributed by atoms with Crippen LogP contribution < -0.4 is 5.32 Å². The van der Waals surface area contributed by atoms with Crippen molar-refractivity contribution >= 4 is 21.8 Å². The van der Waals surface area contributed by atoms with Crippen LogP contribution in [0.4, 0.5) is 0 Å². The number of piperidine rings is 2. The molecule has 1 N–H and O–H groups in total. The number of rotatable bonds is 6. The number of likely N-dealkylation sites (tertiary alicyclic amines) is 1. The van der Waals surface area contributed by atoms with E-state index >= 15 is 0 Å². The monoisotopic (exact) mass is 486 g/mol. The van der Waals surface area contributed by atoms with Crippen LogP contribution >= 0.6 is 0 Å². The minimum absolute atomic E-state index is 0.0329. The van der Waals surface area contributed by atoms with E-state index in [0.717, 1.165) is 30.4 Å². The second kappa shape index (κ2) is 10.3. The van der Waals surface area contributed by atoms with E-state index in [-0.39, 0.29) is 35.7 Å². The van der Waals surface area contributed by atoms with Crippen LogP contribution in [-0.2, 0) is 28.4 Å². The zero-order valence-electron chi connectivity index (χ0n) is 20.0. The molecule has 1 aromatic carbocycles. The average Bonchev–Trinajstić information content (AvgIpc) is 3.26. The van der Waals surface area contributed by atoms with Crippen molar-refractivity contribution in [2.45, 2.75) is 50.5 Å². The van der Waals surface area contributed by atoms with Crippen LogP contribution in [-0.4, -0.2) is 60.2 Å². The minimum atomic E-state index is -3.73. The molecule has 34 heavy (non-hydrogen) atoms. The Labute approximate surface area is 202 Å². The Morgan fingerprint density at radius 3 is 2.38 bits per heavy atom. The number of hydrogen-bond donors (Lipinski definition) is 1. The lowest BCUT2D eigenvalue weighted by atomic mass is 9.97. The molecule has 2 aliphatic rings. The van der Waals surface area contributed by atoms with Crippen molar-refractivity contribution in [2.75, 3.05) is 26.2 Å². The molecule has 1 aromatic heterocycles. The average molecular weight is 487 g/mol. The normalized spacial score (nSPS) is 18.1. The van der Waals surface area contributed by atoms with Crippen molar-refractivity contribution in [1.29, 1.82) is 0 Å². The lowest BCUT2D eigenvalue weighted by Crippen LogP contribution is -2.42. The van der Waals surface area contributed by atoms with Gasteiger partial charge in [-0.05, 0) is 56.2 Å². The number of aryl methyl sites for hydroxylation is 2. The third-order valence-corrected chi connectivity index (χ3v) is 8.88. The van der Waals surface area contributed by atoms with Crippen LogP contribution in [0.25, 0.3) is 0 Å². The van der Waals surface area contributed by atoms with Gasteiger partial charge in [0.05, 0.1) is 0 Å². The Bertz CT molecular complexity index is 1140. The maximum Gasteiger partial charge on any atom is 0.270 e. The number of carbonyl (C=O) groups is 2. The fourth-order valence-corrected chi connectivity index (χ4v) is 6.33. The molecule has 2 saturated heterocycles. The first-order valence-electron chi connectivity index (χ1n) is 12.1. The molecular formula is C25H34N4O4S. The fraction of sp³-hybridized carbons (Fsp3) is 0.520. The number of hydrogen-bond acceptors (Lipinski definition) is 4. The van der Waals surface area contributed by atoms with E-state index in [4.69, 9.17) is 0 Å². The molecule has 0 atom stereocenters. The van der Waals surface area contributed by atoms with Gasteiger partial charge in [0.15, 0.2) is 0 Å². The molecule has 184 valence electrons. The molecule has 4 rings (SSSR count). The fourth-order valence-electron chi connectivity index (χ4n) is 4.79. The van der Waals surface area contributed by atoms with Gasteiger partial charge in [-0.25, -0.2) is 8.42 Å². The predicted octanol–water partition coefficient (Wildman–Crippen LogP) is 2.68. The summed E-state index contributed by atoms with van der Waals surface area (Å²) in [7, 11) is -2.02. The molecule has 9 heteroatoms. The molecule has 0 unspecified atom stereocenters. The highest BCUT2D eigenvalue weighted by atomic mass is 32.2. The second-order valence-electron chi connectivity index (χ2n) is 9.35. The topological polar surface area (TPSA) is 91.7 Å². The highest BCUT2D eigenvalue weighted by molar-refractivity contribution is 7.89. The predicted molar refractivity (Wildman–Crippen MR) is 130 cm³/mol. The lowest BCUT2D eigenvalue weighted by molar-refractivity contribution is -0.126. The molecule has 0 radical (unpaired) electrons. The van der Waals surface area contributed by atoms with Crippen LogP contribution in [0.3, 0.4) is 0 Å². The van der Waals surface area contributed by atoms with E-state index in [1.165, 1.54) is 16.6 Å². The van der Waals surface area contributed by atoms with Crippen molar-refractivity contribution < 1.29 is 18.0 Å². The summed E-state index contributed by atoms with van der Waals surface area (Å²) < 4.78 is 29.6. The number of benzene rings is 1. The molecule has 8 nitrogen and oxygen atoms in total. The summed E-state index contributed by atoms with van der Waals surface area (Å²) in [5.41, 5.74) is 2.60. The maximum absolute atomic E-state index is 13.3. The van der Waals surface area contributed by atoms with Gasteiger partial charge in [0.25, 0.3) is 5.91 Å². The largest absolute Gasteiger partial charge is 0.352 e. The SMILES string of the molecule is Cc1ccccc1CNC(=O)C1CCN(S(=O)(=O)c2cc(C(=O)N3CCCCC3)n(C)c2)CC1. The number of nitrogens with zero attached hydrogens (tertiary/aromatic N) is 3. The summed E-state index contributed by atoms with van der Waals surface area (Å²) in [5, 5.41) is 3.00. The zero-order valence-corrected chi connectivity index (χ0v) is 20.8. The van der Waals surface area contributed by atoms with Crippen LogP contribution in [0.15, 0.2) is 41.4 Å². The Kier molecular flexibility index (Phi) is 7.42. The molecular weight excluding hydrogens is 452 g/mol. The van der Waals surface area contributed by atoms with Crippen LogP contribution in [0, 0.1) is 12.8 Å². The van der Waals surface area contributed by atoms with Crippen molar-refractivity contribution in [3.8, 4) is 0 Å². The summed E-state index contributed by atoms with van der Waals surface area (Å²) in [5.74, 6) is -0.357. The first-order chi connectivity index (χ1) is 16.3. The third kappa shape index (κ3) is 5.20. The van der Waals surface area contributed by atoms with Crippen LogP contribution in [0.1, 0.15) is 53.7 Å². The summed E-state index contributed by atoms with van der Waals surface area (Å²) in [6.07, 6.45) is 5.56. The van der Waals surface area contributed by atoms with E-state index in [0.29, 0.717) is 38.2 Å². The van der Waals surface area contributed by atoms with Crippen LogP contribution in [0.5, 0.6) is 0 Å². The maximum atomic E-state index is 13.3. The Morgan fingerprint density at radius 1 is 1.03 bits per heavy atom. The molecule has 2 fully saturated rings. The van der Waals surface area contributed by atoms with Crippen molar-refractivity contribution in [3.05, 3.63) is 53.3 Å². The van der Waals surface area contributed by atoms with Gasteiger partial charge in [-0.3, -0.25) is 9.59 Å². The number of carbonyl (C=O) groups excluding carboxylic acids is 2. The molecule has 2 aromatic rings. The van der Waals surface area contributed by atoms with E-state index in [1.807, 2.05) is 31.2 Å². The minimum Gasteiger partial charge on any atom is -0.352 e. The van der Waals surface area contributed by atoms with Crippen molar-refractivity contribution in [1.82, 2.24) is 19.1 Å². The Morgan fingerprint density at radius 2 is 1.71 bits per heavy atom. The van der Waals surface area contributed by atoms with Crippen molar-refractivity contribution in [3.63, 3.8) is 0 Å². The molecule has 0 saturated carbocycles. The summed E-state index contributed by atoms with van der Waals surface area (Å²) in [6, 6.07) is 9.42. The first kappa shape index (κ1) is 24.5. The van der Waals surface area contributed by atoms with Gasteiger partial charge in [0.2, 0.25) is 15.9 Å². The second-order valence-corrected chi connectivity index (χ2v) is 11.3.